The number of hydrogen-bond acceptors (Lipinski definition) is 1. The molecular weight excluding hydrogens is 217 g/mol. The molecule has 0 aliphatic heterocycles. The van der Waals surface area contributed by atoms with E-state index >= 15 is 0 Å². The van der Waals surface area contributed by atoms with Crippen LogP contribution in [0, 0.1) is 0 Å². The van der Waals surface area contributed by atoms with Crippen molar-refractivity contribution in [2.75, 3.05) is 0 Å². The molecule has 15 heavy (non-hydrogen) atoms. The van der Waals surface area contributed by atoms with Gasteiger partial charge in [-0.05, 0) is 12.5 Å². The molecule has 2 nitrogen and oxygen atoms in total. The maximum Gasteiger partial charge on any atom is 0.221 e. The van der Waals surface area contributed by atoms with E-state index in [0.717, 1.165) is 0 Å². The molecular formula is C11H17ClFNO. The summed E-state index contributed by atoms with van der Waals surface area (Å²) in [7, 11) is 0. The van der Waals surface area contributed by atoms with Crippen molar-refractivity contribution in [1.82, 2.24) is 5.32 Å². The molecule has 0 rings (SSSR count). The van der Waals surface area contributed by atoms with Gasteiger partial charge in [0.1, 0.15) is 0 Å². The van der Waals surface area contributed by atoms with Gasteiger partial charge >= 0.3 is 0 Å². The average Bonchev–Trinajstić information content (AvgIpc) is 2.15. The topological polar surface area (TPSA) is 29.1 Å². The van der Waals surface area contributed by atoms with Gasteiger partial charge in [-0.25, -0.2) is 4.39 Å². The van der Waals surface area contributed by atoms with Crippen LogP contribution in [0.5, 0.6) is 0 Å². The second-order valence-corrected chi connectivity index (χ2v) is 3.01. The molecule has 1 amide bonds. The van der Waals surface area contributed by atoms with Crippen molar-refractivity contribution < 1.29 is 9.18 Å². The molecule has 0 aromatic rings. The normalized spacial score (nSPS) is 10.5. The van der Waals surface area contributed by atoms with Crippen LogP contribution in [0.1, 0.15) is 27.7 Å². The summed E-state index contributed by atoms with van der Waals surface area (Å²) in [5, 5.41) is 2.17. The number of allylic oxidation sites excluding steroid dienone is 3. The molecule has 0 atom stereocenters. The zero-order chi connectivity index (χ0) is 12.6. The van der Waals surface area contributed by atoms with Gasteiger partial charge in [0, 0.05) is 6.92 Å². The van der Waals surface area contributed by atoms with Gasteiger partial charge in [-0.1, -0.05) is 38.6 Å². The van der Waals surface area contributed by atoms with Gasteiger partial charge in [0.05, 0.1) is 10.7 Å². The van der Waals surface area contributed by atoms with Crippen molar-refractivity contribution in [2.45, 2.75) is 27.7 Å². The van der Waals surface area contributed by atoms with Gasteiger partial charge in [-0.2, -0.15) is 0 Å². The van der Waals surface area contributed by atoms with Crippen LogP contribution >= 0.6 is 11.6 Å². The third-order valence-electron chi connectivity index (χ3n) is 1.17. The van der Waals surface area contributed by atoms with Gasteiger partial charge in [0.2, 0.25) is 5.91 Å². The summed E-state index contributed by atoms with van der Waals surface area (Å²) in [6.07, 6.45) is 0. The maximum absolute atomic E-state index is 13.2. The van der Waals surface area contributed by atoms with Gasteiger partial charge in [-0.15, -0.1) is 0 Å². The molecule has 0 saturated heterocycles. The molecule has 1 N–H and O–H groups in total. The Morgan fingerprint density at radius 1 is 1.27 bits per heavy atom. The lowest BCUT2D eigenvalue weighted by Crippen LogP contribution is -2.20. The molecule has 4 heteroatoms. The molecule has 0 aromatic carbocycles. The summed E-state index contributed by atoms with van der Waals surface area (Å²) in [6, 6.07) is 0. The highest BCUT2D eigenvalue weighted by molar-refractivity contribution is 6.31. The van der Waals surface area contributed by atoms with Crippen molar-refractivity contribution in [3.63, 3.8) is 0 Å². The van der Waals surface area contributed by atoms with Crippen molar-refractivity contribution in [3.8, 4) is 0 Å². The van der Waals surface area contributed by atoms with Crippen LogP contribution in [-0.4, -0.2) is 5.91 Å². The number of carbonyl (C=O) groups is 1. The molecule has 0 aromatic heterocycles. The molecule has 86 valence electrons. The maximum atomic E-state index is 13.2. The van der Waals surface area contributed by atoms with E-state index in [4.69, 9.17) is 11.6 Å². The first kappa shape index (κ1) is 16.3. The SMILES string of the molecule is C=C(C)/C(F)=C(/NC(C)=O)C(=C)Cl.CC. The zero-order valence-corrected chi connectivity index (χ0v) is 10.3. The average molecular weight is 234 g/mol. The van der Waals surface area contributed by atoms with E-state index in [0.29, 0.717) is 0 Å². The number of amides is 1. The Kier molecular flexibility index (Phi) is 8.98. The number of hydrogen-bond donors (Lipinski definition) is 1. The molecule has 0 aliphatic carbocycles. The first-order chi connectivity index (χ1) is 6.86. The van der Waals surface area contributed by atoms with Crippen molar-refractivity contribution in [1.29, 1.82) is 0 Å². The van der Waals surface area contributed by atoms with Crippen LogP contribution in [0.4, 0.5) is 4.39 Å². The smallest absolute Gasteiger partial charge is 0.221 e. The van der Waals surface area contributed by atoms with E-state index in [9.17, 15) is 9.18 Å². The summed E-state index contributed by atoms with van der Waals surface area (Å²) in [5.41, 5.74) is 0.0622. The van der Waals surface area contributed by atoms with Crippen LogP contribution in [0.15, 0.2) is 35.3 Å². The Bertz CT molecular complexity index is 295. The van der Waals surface area contributed by atoms with Gasteiger partial charge in [-0.3, -0.25) is 4.79 Å². The summed E-state index contributed by atoms with van der Waals surface area (Å²) in [4.78, 5) is 10.6. The molecule has 0 aliphatic rings. The first-order valence-electron chi connectivity index (χ1n) is 4.54. The number of halogens is 2. The fourth-order valence-electron chi connectivity index (χ4n) is 0.631. The summed E-state index contributed by atoms with van der Waals surface area (Å²) in [6.45, 7) is 13.4. The predicted molar refractivity (Wildman–Crippen MR) is 63.1 cm³/mol. The fraction of sp³-hybridized carbons (Fsp3) is 0.364. The quantitative estimate of drug-likeness (QED) is 0.741. The van der Waals surface area contributed by atoms with Crippen molar-refractivity contribution in [3.05, 3.63) is 35.3 Å². The highest BCUT2D eigenvalue weighted by atomic mass is 35.5. The minimum absolute atomic E-state index is 0.0595. The van der Waals surface area contributed by atoms with E-state index in [-0.39, 0.29) is 16.3 Å². The van der Waals surface area contributed by atoms with E-state index < -0.39 is 11.7 Å². The van der Waals surface area contributed by atoms with Crippen LogP contribution in [0.25, 0.3) is 0 Å². The summed E-state index contributed by atoms with van der Waals surface area (Å²) >= 11 is 5.48. The Labute approximate surface area is 95.5 Å². The van der Waals surface area contributed by atoms with Crippen LogP contribution in [0.2, 0.25) is 0 Å². The number of carbonyl (C=O) groups excluding carboxylic acids is 1. The largest absolute Gasteiger partial charge is 0.323 e. The predicted octanol–water partition coefficient (Wildman–Crippen LogP) is 3.66. The number of rotatable bonds is 3. The Balaban J connectivity index is 0. The van der Waals surface area contributed by atoms with Gasteiger partial charge in [0.15, 0.2) is 5.83 Å². The van der Waals surface area contributed by atoms with Crippen molar-refractivity contribution >= 4 is 17.5 Å². The van der Waals surface area contributed by atoms with E-state index in [1.54, 1.807) is 0 Å². The molecule has 0 saturated carbocycles. The van der Waals surface area contributed by atoms with Crippen molar-refractivity contribution in [2.24, 2.45) is 0 Å². The Hall–Kier alpha value is -1.09. The molecule has 0 unspecified atom stereocenters. The number of nitrogens with one attached hydrogen (secondary N) is 1. The molecule has 0 fully saturated rings. The van der Waals surface area contributed by atoms with Crippen LogP contribution in [-0.2, 0) is 4.79 Å². The monoisotopic (exact) mass is 233 g/mol. The van der Waals surface area contributed by atoms with E-state index in [1.165, 1.54) is 13.8 Å². The Morgan fingerprint density at radius 3 is 1.87 bits per heavy atom. The minimum Gasteiger partial charge on any atom is -0.323 e. The molecule has 0 radical (unpaired) electrons. The van der Waals surface area contributed by atoms with Gasteiger partial charge in [0.25, 0.3) is 0 Å². The zero-order valence-electron chi connectivity index (χ0n) is 9.58. The lowest BCUT2D eigenvalue weighted by molar-refractivity contribution is -0.118. The highest BCUT2D eigenvalue weighted by Gasteiger charge is 2.10. The lowest BCUT2D eigenvalue weighted by atomic mass is 10.2. The summed E-state index contributed by atoms with van der Waals surface area (Å²) < 4.78 is 13.2. The standard InChI is InChI=1S/C9H11ClFNO.C2H6/c1-5(2)8(11)9(6(3)10)12-7(4)13;1-2/h1,3H2,2,4H3,(H,12,13);1-2H3/b9-8-;. The minimum atomic E-state index is -0.657. The second kappa shape index (κ2) is 8.24. The molecule has 0 bridgehead atoms. The van der Waals surface area contributed by atoms with Crippen LogP contribution in [0.3, 0.4) is 0 Å². The summed E-state index contributed by atoms with van der Waals surface area (Å²) in [5.74, 6) is -1.07. The lowest BCUT2D eigenvalue weighted by Gasteiger charge is -2.07. The molecule has 0 spiro atoms. The third kappa shape index (κ3) is 6.91. The molecule has 0 heterocycles. The second-order valence-electron chi connectivity index (χ2n) is 2.56. The first-order valence-corrected chi connectivity index (χ1v) is 4.92. The fourth-order valence-corrected chi connectivity index (χ4v) is 0.761. The van der Waals surface area contributed by atoms with Crippen LogP contribution < -0.4 is 5.32 Å². The van der Waals surface area contributed by atoms with E-state index in [1.807, 2.05) is 13.8 Å². The Morgan fingerprint density at radius 2 is 1.67 bits per heavy atom. The third-order valence-corrected chi connectivity index (χ3v) is 1.36. The highest BCUT2D eigenvalue weighted by Crippen LogP contribution is 2.20. The van der Waals surface area contributed by atoms with Gasteiger partial charge < -0.3 is 5.32 Å². The van der Waals surface area contributed by atoms with E-state index in [2.05, 4.69) is 18.5 Å².